The summed E-state index contributed by atoms with van der Waals surface area (Å²) in [5, 5.41) is 7.45. The van der Waals surface area contributed by atoms with Crippen LogP contribution in [-0.2, 0) is 0 Å². The lowest BCUT2D eigenvalue weighted by molar-refractivity contribution is 0.638. The molecule has 0 saturated heterocycles. The molecule has 0 amide bonds. The molecule has 0 bridgehead atoms. The predicted molar refractivity (Wildman–Crippen MR) is 118 cm³/mol. The molecular formula is C22H16FN9. The summed E-state index contributed by atoms with van der Waals surface area (Å²) in [6.45, 7) is 1.92. The Hall–Kier alpha value is -4.60. The van der Waals surface area contributed by atoms with Gasteiger partial charge in [0.2, 0.25) is 0 Å². The van der Waals surface area contributed by atoms with Crippen LogP contribution in [0.1, 0.15) is 5.69 Å². The van der Waals surface area contributed by atoms with Crippen molar-refractivity contribution in [3.05, 3.63) is 66.9 Å². The van der Waals surface area contributed by atoms with Gasteiger partial charge in [0, 0.05) is 24.2 Å². The number of rotatable bonds is 3. The molecule has 5 heterocycles. The maximum Gasteiger partial charge on any atom is 0.161 e. The molecule has 0 aliphatic heterocycles. The zero-order valence-electron chi connectivity index (χ0n) is 16.8. The molecule has 32 heavy (non-hydrogen) atoms. The van der Waals surface area contributed by atoms with E-state index in [-0.39, 0.29) is 11.1 Å². The van der Waals surface area contributed by atoms with Gasteiger partial charge in [-0.1, -0.05) is 6.07 Å². The van der Waals surface area contributed by atoms with Crippen molar-refractivity contribution in [1.29, 1.82) is 0 Å². The number of halogens is 1. The third-order valence-electron chi connectivity index (χ3n) is 5.28. The first-order valence-electron chi connectivity index (χ1n) is 9.82. The van der Waals surface area contributed by atoms with Crippen LogP contribution in [0, 0.1) is 12.7 Å². The Morgan fingerprint density at radius 3 is 2.78 bits per heavy atom. The SMILES string of the molecule is Cc1cn(-c2cccc3[nH]c(-c4n[nH]c5cnc(-c6cncc(N)c6)c(F)c45)nc23)cn1. The van der Waals surface area contributed by atoms with Gasteiger partial charge in [-0.3, -0.25) is 15.1 Å². The number of benzene rings is 1. The second-order valence-corrected chi connectivity index (χ2v) is 7.47. The van der Waals surface area contributed by atoms with Crippen molar-refractivity contribution in [2.75, 3.05) is 5.73 Å². The van der Waals surface area contributed by atoms with E-state index in [9.17, 15) is 0 Å². The number of nitrogens with zero attached hydrogens (tertiary/aromatic N) is 6. The standard InChI is InChI=1S/C22H16FN9/c1-11-9-32(10-27-11)16-4-2-3-14-20(16)29-22(28-14)21-17-15(30-31-21)8-26-19(18(17)23)12-5-13(24)7-25-6-12/h2-10H,24H2,1H3,(H,28,29)(H,30,31). The number of nitrogens with one attached hydrogen (secondary N) is 2. The Morgan fingerprint density at radius 2 is 1.97 bits per heavy atom. The van der Waals surface area contributed by atoms with Crippen molar-refractivity contribution in [1.82, 2.24) is 39.7 Å². The van der Waals surface area contributed by atoms with Gasteiger partial charge in [0.1, 0.15) is 16.9 Å². The summed E-state index contributed by atoms with van der Waals surface area (Å²) in [7, 11) is 0. The summed E-state index contributed by atoms with van der Waals surface area (Å²) < 4.78 is 17.5. The van der Waals surface area contributed by atoms with Crippen LogP contribution in [0.25, 0.3) is 50.4 Å². The first kappa shape index (κ1) is 18.2. The number of aryl methyl sites for hydroxylation is 1. The molecule has 9 nitrogen and oxygen atoms in total. The van der Waals surface area contributed by atoms with Crippen LogP contribution < -0.4 is 5.73 Å². The lowest BCUT2D eigenvalue weighted by atomic mass is 10.1. The third-order valence-corrected chi connectivity index (χ3v) is 5.28. The number of fused-ring (bicyclic) bond motifs is 2. The zero-order chi connectivity index (χ0) is 21.8. The first-order valence-corrected chi connectivity index (χ1v) is 9.82. The van der Waals surface area contributed by atoms with Gasteiger partial charge in [0.15, 0.2) is 11.6 Å². The van der Waals surface area contributed by atoms with E-state index in [1.54, 1.807) is 12.4 Å². The van der Waals surface area contributed by atoms with E-state index in [0.717, 1.165) is 22.4 Å². The van der Waals surface area contributed by atoms with Crippen molar-refractivity contribution >= 4 is 27.6 Å². The van der Waals surface area contributed by atoms with Gasteiger partial charge in [-0.15, -0.1) is 0 Å². The molecule has 0 atom stereocenters. The summed E-state index contributed by atoms with van der Waals surface area (Å²) in [5.74, 6) is -0.0816. The van der Waals surface area contributed by atoms with E-state index in [2.05, 4.69) is 30.1 Å². The second kappa shape index (κ2) is 6.71. The number of nitrogen functional groups attached to an aromatic ring is 1. The molecule has 6 aromatic rings. The number of nitrogens with two attached hydrogens (primary N) is 1. The lowest BCUT2D eigenvalue weighted by Crippen LogP contribution is -1.94. The van der Waals surface area contributed by atoms with Crippen LogP contribution in [0.3, 0.4) is 0 Å². The summed E-state index contributed by atoms with van der Waals surface area (Å²) in [6, 6.07) is 7.42. The van der Waals surface area contributed by atoms with E-state index in [4.69, 9.17) is 10.7 Å². The minimum atomic E-state index is -0.524. The van der Waals surface area contributed by atoms with Crippen LogP contribution in [-0.4, -0.2) is 39.7 Å². The third kappa shape index (κ3) is 2.73. The van der Waals surface area contributed by atoms with Crippen molar-refractivity contribution in [3.63, 3.8) is 0 Å². The van der Waals surface area contributed by atoms with Gasteiger partial charge < -0.3 is 15.3 Å². The van der Waals surface area contributed by atoms with Gasteiger partial charge >= 0.3 is 0 Å². The first-order chi connectivity index (χ1) is 15.6. The van der Waals surface area contributed by atoms with Gasteiger partial charge in [0.25, 0.3) is 0 Å². The molecule has 0 saturated carbocycles. The molecule has 0 fully saturated rings. The molecule has 0 radical (unpaired) electrons. The number of anilines is 1. The minimum Gasteiger partial charge on any atom is -0.397 e. The van der Waals surface area contributed by atoms with Crippen molar-refractivity contribution in [3.8, 4) is 28.5 Å². The highest BCUT2D eigenvalue weighted by atomic mass is 19.1. The number of para-hydroxylation sites is 1. The quantitative estimate of drug-likeness (QED) is 0.396. The average molecular weight is 425 g/mol. The van der Waals surface area contributed by atoms with E-state index < -0.39 is 5.82 Å². The Bertz CT molecular complexity index is 1630. The lowest BCUT2D eigenvalue weighted by Gasteiger charge is -2.04. The zero-order valence-corrected chi connectivity index (χ0v) is 16.8. The van der Waals surface area contributed by atoms with E-state index >= 15 is 4.39 Å². The largest absolute Gasteiger partial charge is 0.397 e. The van der Waals surface area contributed by atoms with Crippen molar-refractivity contribution in [2.45, 2.75) is 6.92 Å². The fourth-order valence-electron chi connectivity index (χ4n) is 3.83. The van der Waals surface area contributed by atoms with Gasteiger partial charge in [0.05, 0.1) is 46.0 Å². The number of pyridine rings is 2. The van der Waals surface area contributed by atoms with Crippen LogP contribution in [0.4, 0.5) is 10.1 Å². The maximum absolute atomic E-state index is 15.6. The highest BCUT2D eigenvalue weighted by molar-refractivity contribution is 5.96. The highest BCUT2D eigenvalue weighted by Gasteiger charge is 2.21. The van der Waals surface area contributed by atoms with E-state index in [0.29, 0.717) is 28.3 Å². The van der Waals surface area contributed by atoms with Crippen LogP contribution >= 0.6 is 0 Å². The van der Waals surface area contributed by atoms with Crippen LogP contribution in [0.15, 0.2) is 55.4 Å². The monoisotopic (exact) mass is 425 g/mol. The van der Waals surface area contributed by atoms with Gasteiger partial charge in [-0.2, -0.15) is 5.10 Å². The van der Waals surface area contributed by atoms with Crippen LogP contribution in [0.2, 0.25) is 0 Å². The molecule has 0 unspecified atom stereocenters. The molecule has 10 heteroatoms. The maximum atomic E-state index is 15.6. The molecule has 6 rings (SSSR count). The topological polar surface area (TPSA) is 127 Å². The smallest absolute Gasteiger partial charge is 0.161 e. The number of aromatic amines is 2. The van der Waals surface area contributed by atoms with Gasteiger partial charge in [-0.05, 0) is 25.1 Å². The number of hydrogen-bond acceptors (Lipinski definition) is 6. The number of H-pyrrole nitrogens is 2. The summed E-state index contributed by atoms with van der Waals surface area (Å²) in [5.41, 5.74) is 11.0. The molecule has 0 spiro atoms. The van der Waals surface area contributed by atoms with Crippen molar-refractivity contribution in [2.24, 2.45) is 0 Å². The fourth-order valence-corrected chi connectivity index (χ4v) is 3.83. The summed E-state index contributed by atoms with van der Waals surface area (Å²) in [6.07, 6.45) is 8.21. The molecule has 4 N–H and O–H groups in total. The number of imidazole rings is 2. The number of hydrogen-bond donors (Lipinski definition) is 3. The average Bonchev–Trinajstić information content (AvgIpc) is 3.51. The molecule has 0 aliphatic carbocycles. The van der Waals surface area contributed by atoms with E-state index in [1.807, 2.05) is 35.9 Å². The summed E-state index contributed by atoms with van der Waals surface area (Å²) >= 11 is 0. The highest BCUT2D eigenvalue weighted by Crippen LogP contribution is 2.33. The van der Waals surface area contributed by atoms with Crippen molar-refractivity contribution < 1.29 is 4.39 Å². The predicted octanol–water partition coefficient (Wildman–Crippen LogP) is 3.78. The summed E-state index contributed by atoms with van der Waals surface area (Å²) in [4.78, 5) is 20.6. The minimum absolute atomic E-state index is 0.144. The Labute approximate surface area is 180 Å². The second-order valence-electron chi connectivity index (χ2n) is 7.47. The Kier molecular flexibility index (Phi) is 3.81. The fraction of sp³-hybridized carbons (Fsp3) is 0.0455. The van der Waals surface area contributed by atoms with E-state index in [1.165, 1.54) is 18.6 Å². The molecule has 1 aromatic carbocycles. The normalized spacial score (nSPS) is 11.6. The van der Waals surface area contributed by atoms with Crippen LogP contribution in [0.5, 0.6) is 0 Å². The van der Waals surface area contributed by atoms with Gasteiger partial charge in [-0.25, -0.2) is 14.4 Å². The molecule has 5 aromatic heterocycles. The number of aromatic nitrogens is 8. The Balaban J connectivity index is 1.55. The Morgan fingerprint density at radius 1 is 1.06 bits per heavy atom. The molecule has 156 valence electrons. The molecule has 0 aliphatic rings. The molecular weight excluding hydrogens is 409 g/mol.